The molecule has 0 aliphatic rings. The monoisotopic (exact) mass is 331 g/mol. The summed E-state index contributed by atoms with van der Waals surface area (Å²) in [6, 6.07) is 8.10. The summed E-state index contributed by atoms with van der Waals surface area (Å²) in [5.74, 6) is 2.99. The molecule has 24 heavy (non-hydrogen) atoms. The van der Waals surface area contributed by atoms with Crippen molar-refractivity contribution < 1.29 is 9.26 Å². The van der Waals surface area contributed by atoms with Crippen LogP contribution in [0.4, 0.5) is 0 Å². The van der Waals surface area contributed by atoms with Gasteiger partial charge >= 0.3 is 0 Å². The van der Waals surface area contributed by atoms with Gasteiger partial charge in [-0.25, -0.2) is 0 Å². The van der Waals surface area contributed by atoms with Crippen LogP contribution in [0.15, 0.2) is 33.8 Å². The fourth-order valence-corrected chi connectivity index (χ4v) is 2.31. The lowest BCUT2D eigenvalue weighted by molar-refractivity contribution is 0.340. The Labute approximate surface area is 142 Å². The van der Waals surface area contributed by atoms with Crippen molar-refractivity contribution in [2.24, 2.45) is 4.99 Å². The van der Waals surface area contributed by atoms with Gasteiger partial charge in [-0.3, -0.25) is 4.99 Å². The summed E-state index contributed by atoms with van der Waals surface area (Å²) in [5, 5.41) is 7.08. The smallest absolute Gasteiger partial charge is 0.228 e. The molecule has 0 spiro atoms. The van der Waals surface area contributed by atoms with Crippen LogP contribution in [0.1, 0.15) is 24.2 Å². The zero-order chi connectivity index (χ0) is 17.4. The average molecular weight is 331 g/mol. The van der Waals surface area contributed by atoms with E-state index in [2.05, 4.69) is 37.5 Å². The second kappa shape index (κ2) is 8.90. The highest BCUT2D eigenvalue weighted by molar-refractivity contribution is 5.79. The molecular weight excluding hydrogens is 306 g/mol. The van der Waals surface area contributed by atoms with Crippen LogP contribution in [-0.4, -0.2) is 48.2 Å². The van der Waals surface area contributed by atoms with Crippen molar-refractivity contribution in [2.45, 2.75) is 26.8 Å². The van der Waals surface area contributed by atoms with Crippen LogP contribution in [0.3, 0.4) is 0 Å². The van der Waals surface area contributed by atoms with Crippen molar-refractivity contribution >= 4 is 5.96 Å². The molecule has 7 heteroatoms. The molecule has 0 amide bonds. The molecule has 0 fully saturated rings. The number of hydrogen-bond donors (Lipinski definition) is 1. The maximum absolute atomic E-state index is 5.46. The fraction of sp³-hybridized carbons (Fsp3) is 0.471. The Kier molecular flexibility index (Phi) is 6.60. The molecule has 0 radical (unpaired) electrons. The summed E-state index contributed by atoms with van der Waals surface area (Å²) in [6.07, 6.45) is 0.663. The Morgan fingerprint density at radius 1 is 1.33 bits per heavy atom. The van der Waals surface area contributed by atoms with Gasteiger partial charge in [-0.05, 0) is 31.5 Å². The van der Waals surface area contributed by atoms with Crippen LogP contribution < -0.4 is 10.1 Å². The zero-order valence-corrected chi connectivity index (χ0v) is 14.7. The first kappa shape index (κ1) is 17.8. The molecule has 0 aliphatic carbocycles. The minimum Gasteiger partial charge on any atom is -0.494 e. The lowest BCUT2D eigenvalue weighted by Crippen LogP contribution is -2.39. The summed E-state index contributed by atoms with van der Waals surface area (Å²) in [5.41, 5.74) is 1.19. The van der Waals surface area contributed by atoms with Gasteiger partial charge in [0.15, 0.2) is 11.8 Å². The predicted octanol–water partition coefficient (Wildman–Crippen LogP) is 2.03. The summed E-state index contributed by atoms with van der Waals surface area (Å²) >= 11 is 0. The topological polar surface area (TPSA) is 75.8 Å². The van der Waals surface area contributed by atoms with E-state index in [1.54, 1.807) is 7.05 Å². The third-order valence-electron chi connectivity index (χ3n) is 3.42. The van der Waals surface area contributed by atoms with Gasteiger partial charge in [-0.2, -0.15) is 4.98 Å². The number of ether oxygens (including phenoxy) is 1. The summed E-state index contributed by atoms with van der Waals surface area (Å²) in [7, 11) is 3.77. The van der Waals surface area contributed by atoms with Crippen LogP contribution >= 0.6 is 0 Å². The Hall–Kier alpha value is -2.57. The molecule has 1 heterocycles. The van der Waals surface area contributed by atoms with Crippen molar-refractivity contribution in [3.63, 3.8) is 0 Å². The number of hydrogen-bond acceptors (Lipinski definition) is 5. The van der Waals surface area contributed by atoms with Crippen molar-refractivity contribution in [3.05, 3.63) is 41.5 Å². The highest BCUT2D eigenvalue weighted by atomic mass is 16.5. The quantitative estimate of drug-likeness (QED) is 0.618. The lowest BCUT2D eigenvalue weighted by atomic mass is 10.2. The van der Waals surface area contributed by atoms with E-state index >= 15 is 0 Å². The Bertz CT molecular complexity index is 651. The molecule has 7 nitrogen and oxygen atoms in total. The fourth-order valence-electron chi connectivity index (χ4n) is 2.31. The second-order valence-electron chi connectivity index (χ2n) is 5.39. The van der Waals surface area contributed by atoms with Crippen molar-refractivity contribution in [1.82, 2.24) is 20.4 Å². The van der Waals surface area contributed by atoms with Gasteiger partial charge in [0.05, 0.1) is 6.61 Å². The standard InChI is InChI=1S/C17H25N5O2/c1-5-23-15-8-6-14(7-9-15)12-22(4)17(18-3)19-11-10-16-20-13(2)21-24-16/h6-9H,5,10-12H2,1-4H3,(H,18,19). The lowest BCUT2D eigenvalue weighted by Gasteiger charge is -2.22. The molecule has 0 saturated heterocycles. The van der Waals surface area contributed by atoms with E-state index in [0.717, 1.165) is 18.3 Å². The first-order chi connectivity index (χ1) is 11.6. The molecule has 0 bridgehead atoms. The highest BCUT2D eigenvalue weighted by Crippen LogP contribution is 2.13. The Morgan fingerprint density at radius 2 is 2.08 bits per heavy atom. The number of guanidine groups is 1. The van der Waals surface area contributed by atoms with E-state index in [0.29, 0.717) is 31.3 Å². The third kappa shape index (κ3) is 5.26. The maximum atomic E-state index is 5.46. The van der Waals surface area contributed by atoms with Gasteiger partial charge in [0.2, 0.25) is 5.89 Å². The number of benzene rings is 1. The minimum atomic E-state index is 0.629. The van der Waals surface area contributed by atoms with Crippen molar-refractivity contribution in [3.8, 4) is 5.75 Å². The average Bonchev–Trinajstić information content (AvgIpc) is 2.99. The van der Waals surface area contributed by atoms with E-state index in [4.69, 9.17) is 9.26 Å². The highest BCUT2D eigenvalue weighted by Gasteiger charge is 2.08. The van der Waals surface area contributed by atoms with E-state index in [1.165, 1.54) is 5.56 Å². The number of aliphatic imine (C=N–C) groups is 1. The molecule has 2 rings (SSSR count). The maximum Gasteiger partial charge on any atom is 0.228 e. The van der Waals surface area contributed by atoms with Crippen LogP contribution in [0.2, 0.25) is 0 Å². The van der Waals surface area contributed by atoms with Crippen LogP contribution in [0.5, 0.6) is 5.75 Å². The molecule has 0 aliphatic heterocycles. The number of nitrogens with zero attached hydrogens (tertiary/aromatic N) is 4. The van der Waals surface area contributed by atoms with E-state index in [9.17, 15) is 0 Å². The van der Waals surface area contributed by atoms with Gasteiger partial charge in [-0.15, -0.1) is 0 Å². The first-order valence-corrected chi connectivity index (χ1v) is 8.05. The van der Waals surface area contributed by atoms with E-state index in [1.807, 2.05) is 33.0 Å². The SMILES string of the molecule is CCOc1ccc(CN(C)C(=NC)NCCc2nc(C)no2)cc1. The zero-order valence-electron chi connectivity index (χ0n) is 14.7. The summed E-state index contributed by atoms with van der Waals surface area (Å²) in [4.78, 5) is 10.6. The molecule has 0 saturated carbocycles. The van der Waals surface area contributed by atoms with Crippen LogP contribution in [0, 0.1) is 6.92 Å². The minimum absolute atomic E-state index is 0.629. The first-order valence-electron chi connectivity index (χ1n) is 8.05. The molecule has 2 aromatic rings. The van der Waals surface area contributed by atoms with Crippen molar-refractivity contribution in [1.29, 1.82) is 0 Å². The largest absolute Gasteiger partial charge is 0.494 e. The molecule has 130 valence electrons. The summed E-state index contributed by atoms with van der Waals surface area (Å²) in [6.45, 7) is 5.90. The molecule has 1 aromatic carbocycles. The third-order valence-corrected chi connectivity index (χ3v) is 3.42. The predicted molar refractivity (Wildman–Crippen MR) is 93.2 cm³/mol. The number of rotatable bonds is 7. The summed E-state index contributed by atoms with van der Waals surface area (Å²) < 4.78 is 10.6. The Morgan fingerprint density at radius 3 is 2.67 bits per heavy atom. The molecule has 1 N–H and O–H groups in total. The normalized spacial score (nSPS) is 11.4. The number of aromatic nitrogens is 2. The van der Waals surface area contributed by atoms with Gasteiger partial charge in [0.1, 0.15) is 5.75 Å². The van der Waals surface area contributed by atoms with Gasteiger partial charge in [0.25, 0.3) is 0 Å². The van der Waals surface area contributed by atoms with E-state index in [-0.39, 0.29) is 0 Å². The Balaban J connectivity index is 1.83. The van der Waals surface area contributed by atoms with E-state index < -0.39 is 0 Å². The van der Waals surface area contributed by atoms with Gasteiger partial charge in [0, 0.05) is 33.6 Å². The van der Waals surface area contributed by atoms with Crippen LogP contribution in [0.25, 0.3) is 0 Å². The number of aryl methyl sites for hydroxylation is 1. The molecular formula is C17H25N5O2. The molecule has 0 unspecified atom stereocenters. The van der Waals surface area contributed by atoms with Crippen LogP contribution in [-0.2, 0) is 13.0 Å². The van der Waals surface area contributed by atoms with Crippen molar-refractivity contribution in [2.75, 3.05) is 27.2 Å². The second-order valence-corrected chi connectivity index (χ2v) is 5.39. The molecule has 1 aromatic heterocycles. The number of nitrogens with one attached hydrogen (secondary N) is 1. The van der Waals surface area contributed by atoms with Gasteiger partial charge in [-0.1, -0.05) is 17.3 Å². The molecule has 0 atom stereocenters. The van der Waals surface area contributed by atoms with Gasteiger partial charge < -0.3 is 19.5 Å².